The molecule has 0 amide bonds. The highest BCUT2D eigenvalue weighted by atomic mass is 79.9. The molecule has 0 radical (unpaired) electrons. The number of rotatable bonds is 4. The third-order valence-corrected chi connectivity index (χ3v) is 3.62. The van der Waals surface area contributed by atoms with Crippen LogP contribution in [0, 0.1) is 12.3 Å². The van der Waals surface area contributed by atoms with Crippen LogP contribution in [0.3, 0.4) is 0 Å². The van der Waals surface area contributed by atoms with E-state index in [-0.39, 0.29) is 0 Å². The zero-order valence-electron chi connectivity index (χ0n) is 11.2. The summed E-state index contributed by atoms with van der Waals surface area (Å²) in [5, 5.41) is 10.4. The first-order valence-electron chi connectivity index (χ1n) is 5.92. The highest BCUT2D eigenvalue weighted by molar-refractivity contribution is 9.10. The molecule has 1 aromatic rings. The summed E-state index contributed by atoms with van der Waals surface area (Å²) in [6, 6.07) is 5.65. The SMILES string of the molecule is CCOC(=O)C(C)(C)C(O)c1ccc(C)cc1Br. The number of aliphatic hydroxyl groups excluding tert-OH is 1. The molecule has 100 valence electrons. The first kappa shape index (κ1) is 15.2. The Morgan fingerprint density at radius 1 is 1.50 bits per heavy atom. The first-order valence-corrected chi connectivity index (χ1v) is 6.71. The summed E-state index contributed by atoms with van der Waals surface area (Å²) in [6.45, 7) is 7.40. The van der Waals surface area contributed by atoms with Gasteiger partial charge in [-0.2, -0.15) is 0 Å². The van der Waals surface area contributed by atoms with E-state index in [1.807, 2.05) is 25.1 Å². The molecule has 1 N–H and O–H groups in total. The van der Waals surface area contributed by atoms with Crippen LogP contribution in [0.1, 0.15) is 38.0 Å². The van der Waals surface area contributed by atoms with Crippen LogP contribution in [-0.4, -0.2) is 17.7 Å². The van der Waals surface area contributed by atoms with Gasteiger partial charge in [-0.1, -0.05) is 28.1 Å². The van der Waals surface area contributed by atoms with E-state index in [1.165, 1.54) is 0 Å². The zero-order valence-corrected chi connectivity index (χ0v) is 12.7. The summed E-state index contributed by atoms with van der Waals surface area (Å²) in [4.78, 5) is 11.9. The Hall–Kier alpha value is -0.870. The van der Waals surface area contributed by atoms with Gasteiger partial charge < -0.3 is 9.84 Å². The molecule has 0 aliphatic carbocycles. The molecule has 0 aliphatic heterocycles. The number of halogens is 1. The van der Waals surface area contributed by atoms with Crippen LogP contribution < -0.4 is 0 Å². The van der Waals surface area contributed by atoms with Crippen molar-refractivity contribution in [1.82, 2.24) is 0 Å². The number of esters is 1. The number of aryl methyl sites for hydroxylation is 1. The smallest absolute Gasteiger partial charge is 0.314 e. The van der Waals surface area contributed by atoms with Gasteiger partial charge in [0.2, 0.25) is 0 Å². The molecule has 1 rings (SSSR count). The molecule has 0 fully saturated rings. The Bertz CT molecular complexity index is 441. The minimum atomic E-state index is -0.978. The van der Waals surface area contributed by atoms with Crippen molar-refractivity contribution in [3.05, 3.63) is 33.8 Å². The average molecular weight is 315 g/mol. The number of hydrogen-bond donors (Lipinski definition) is 1. The fourth-order valence-electron chi connectivity index (χ4n) is 1.67. The Morgan fingerprint density at radius 2 is 2.11 bits per heavy atom. The van der Waals surface area contributed by atoms with Crippen LogP contribution in [0.5, 0.6) is 0 Å². The van der Waals surface area contributed by atoms with Gasteiger partial charge in [-0.25, -0.2) is 0 Å². The maximum Gasteiger partial charge on any atom is 0.314 e. The molecule has 0 aromatic heterocycles. The van der Waals surface area contributed by atoms with Crippen LogP contribution in [0.4, 0.5) is 0 Å². The maximum atomic E-state index is 11.9. The second-order valence-electron chi connectivity index (χ2n) is 4.87. The fourth-order valence-corrected chi connectivity index (χ4v) is 2.38. The zero-order chi connectivity index (χ0) is 13.9. The molecule has 3 nitrogen and oxygen atoms in total. The van der Waals surface area contributed by atoms with E-state index in [4.69, 9.17) is 4.74 Å². The molecule has 4 heteroatoms. The third-order valence-electron chi connectivity index (χ3n) is 2.94. The number of hydrogen-bond acceptors (Lipinski definition) is 3. The predicted octanol–water partition coefficient (Wildman–Crippen LogP) is 3.38. The van der Waals surface area contributed by atoms with Gasteiger partial charge >= 0.3 is 5.97 Å². The molecule has 0 saturated carbocycles. The van der Waals surface area contributed by atoms with Crippen molar-refractivity contribution in [3.8, 4) is 0 Å². The highest BCUT2D eigenvalue weighted by Gasteiger charge is 2.38. The Balaban J connectivity index is 3.05. The van der Waals surface area contributed by atoms with Gasteiger partial charge in [-0.15, -0.1) is 0 Å². The standard InChI is InChI=1S/C14H19BrO3/c1-5-18-13(17)14(3,4)12(16)10-7-6-9(2)8-11(10)15/h6-8,12,16H,5H2,1-4H3. The van der Waals surface area contributed by atoms with E-state index < -0.39 is 17.5 Å². The summed E-state index contributed by atoms with van der Waals surface area (Å²) in [6.07, 6.45) is -0.911. The molecule has 0 heterocycles. The second kappa shape index (κ2) is 5.85. The van der Waals surface area contributed by atoms with Gasteiger partial charge in [0.15, 0.2) is 0 Å². The van der Waals surface area contributed by atoms with Crippen molar-refractivity contribution >= 4 is 21.9 Å². The number of ether oxygens (including phenoxy) is 1. The minimum Gasteiger partial charge on any atom is -0.465 e. The van der Waals surface area contributed by atoms with Gasteiger partial charge in [0, 0.05) is 4.47 Å². The first-order chi connectivity index (χ1) is 8.30. The van der Waals surface area contributed by atoms with Gasteiger partial charge in [0.25, 0.3) is 0 Å². The van der Waals surface area contributed by atoms with Crippen LogP contribution in [0.15, 0.2) is 22.7 Å². The van der Waals surface area contributed by atoms with Crippen molar-refractivity contribution in [1.29, 1.82) is 0 Å². The summed E-state index contributed by atoms with van der Waals surface area (Å²) in [5.74, 6) is -0.398. The summed E-state index contributed by atoms with van der Waals surface area (Å²) >= 11 is 3.42. The van der Waals surface area contributed by atoms with Crippen molar-refractivity contribution in [3.63, 3.8) is 0 Å². The van der Waals surface area contributed by atoms with E-state index in [1.54, 1.807) is 20.8 Å². The molecule has 0 aliphatic rings. The molecule has 0 saturated heterocycles. The van der Waals surface area contributed by atoms with E-state index >= 15 is 0 Å². The molecular formula is C14H19BrO3. The van der Waals surface area contributed by atoms with Gasteiger partial charge in [0.05, 0.1) is 18.1 Å². The molecule has 1 atom stereocenters. The molecule has 1 unspecified atom stereocenters. The van der Waals surface area contributed by atoms with Crippen molar-refractivity contribution in [2.24, 2.45) is 5.41 Å². The molecule has 1 aromatic carbocycles. The van der Waals surface area contributed by atoms with E-state index in [0.717, 1.165) is 10.0 Å². The number of aliphatic hydroxyl groups is 1. The van der Waals surface area contributed by atoms with Crippen LogP contribution in [-0.2, 0) is 9.53 Å². The lowest BCUT2D eigenvalue weighted by molar-refractivity contribution is -0.160. The lowest BCUT2D eigenvalue weighted by Gasteiger charge is -2.29. The maximum absolute atomic E-state index is 11.9. The van der Waals surface area contributed by atoms with E-state index in [2.05, 4.69) is 15.9 Å². The van der Waals surface area contributed by atoms with Crippen LogP contribution in [0.25, 0.3) is 0 Å². The summed E-state index contributed by atoms with van der Waals surface area (Å²) in [7, 11) is 0. The van der Waals surface area contributed by atoms with E-state index in [9.17, 15) is 9.90 Å². The molecule has 0 spiro atoms. The molecule has 18 heavy (non-hydrogen) atoms. The summed E-state index contributed by atoms with van der Waals surface area (Å²) in [5.41, 5.74) is 0.804. The van der Waals surface area contributed by atoms with Crippen LogP contribution in [0.2, 0.25) is 0 Å². The topological polar surface area (TPSA) is 46.5 Å². The Labute approximate surface area is 116 Å². The quantitative estimate of drug-likeness (QED) is 0.867. The molecule has 0 bridgehead atoms. The Morgan fingerprint density at radius 3 is 2.61 bits per heavy atom. The highest BCUT2D eigenvalue weighted by Crippen LogP contribution is 2.38. The number of benzene rings is 1. The number of carbonyl (C=O) groups excluding carboxylic acids is 1. The van der Waals surface area contributed by atoms with Crippen molar-refractivity contribution in [2.75, 3.05) is 6.61 Å². The monoisotopic (exact) mass is 314 g/mol. The van der Waals surface area contributed by atoms with Crippen LogP contribution >= 0.6 is 15.9 Å². The minimum absolute atomic E-state index is 0.310. The lowest BCUT2D eigenvalue weighted by Crippen LogP contribution is -2.33. The average Bonchev–Trinajstić information content (AvgIpc) is 2.28. The largest absolute Gasteiger partial charge is 0.465 e. The van der Waals surface area contributed by atoms with Gasteiger partial charge in [-0.05, 0) is 44.9 Å². The normalized spacial score (nSPS) is 13.2. The third kappa shape index (κ3) is 3.12. The van der Waals surface area contributed by atoms with Gasteiger partial charge in [0.1, 0.15) is 0 Å². The van der Waals surface area contributed by atoms with E-state index in [0.29, 0.717) is 12.2 Å². The van der Waals surface area contributed by atoms with Gasteiger partial charge in [-0.3, -0.25) is 4.79 Å². The lowest BCUT2D eigenvalue weighted by atomic mass is 9.82. The fraction of sp³-hybridized carbons (Fsp3) is 0.500. The van der Waals surface area contributed by atoms with Crippen molar-refractivity contribution < 1.29 is 14.6 Å². The van der Waals surface area contributed by atoms with Crippen molar-refractivity contribution in [2.45, 2.75) is 33.8 Å². The second-order valence-corrected chi connectivity index (χ2v) is 5.72. The summed E-state index contributed by atoms with van der Waals surface area (Å²) < 4.78 is 5.80. The Kier molecular flexibility index (Phi) is 4.93. The predicted molar refractivity (Wildman–Crippen MR) is 74.3 cm³/mol. The molecular weight excluding hydrogens is 296 g/mol. The number of carbonyl (C=O) groups is 1.